The second kappa shape index (κ2) is 10.0. The van der Waals surface area contributed by atoms with Crippen LogP contribution in [0.25, 0.3) is 0 Å². The third-order valence-electron chi connectivity index (χ3n) is 4.22. The van der Waals surface area contributed by atoms with E-state index in [4.69, 9.17) is 17.1 Å². The van der Waals surface area contributed by atoms with Crippen molar-refractivity contribution in [2.45, 2.75) is 96.4 Å². The summed E-state index contributed by atoms with van der Waals surface area (Å²) in [6, 6.07) is 0.713. The lowest BCUT2D eigenvalue weighted by atomic mass is 9.86. The largest absolute Gasteiger partial charge is 0.469 e. The van der Waals surface area contributed by atoms with E-state index in [9.17, 15) is 9.90 Å². The van der Waals surface area contributed by atoms with Crippen LogP contribution >= 0.6 is 0 Å². The molecule has 0 aromatic heterocycles. The first-order chi connectivity index (χ1) is 12.9. The highest BCUT2D eigenvalue weighted by Gasteiger charge is 2.52. The van der Waals surface area contributed by atoms with Gasteiger partial charge < -0.3 is 22.2 Å². The van der Waals surface area contributed by atoms with Crippen LogP contribution in [-0.2, 0) is 21.9 Å². The Labute approximate surface area is 181 Å². The van der Waals surface area contributed by atoms with Crippen LogP contribution < -0.4 is 0 Å². The molecule has 0 bridgehead atoms. The van der Waals surface area contributed by atoms with Crippen LogP contribution in [0.3, 0.4) is 0 Å². The molecule has 0 saturated heterocycles. The molecular weight excluding hydrogens is 437 g/mol. The van der Waals surface area contributed by atoms with E-state index in [1.54, 1.807) is 0 Å². The number of carbonyl (C=O) groups excluding carboxylic acids is 1. The highest BCUT2D eigenvalue weighted by molar-refractivity contribution is 6.90. The quantitative estimate of drug-likeness (QED) is 0.278. The second-order valence-corrected chi connectivity index (χ2v) is 27.9. The van der Waals surface area contributed by atoms with Crippen molar-refractivity contribution in [3.63, 3.8) is 0 Å². The lowest BCUT2D eigenvalue weighted by molar-refractivity contribution is -0.152. The molecule has 6 nitrogen and oxygen atoms in total. The van der Waals surface area contributed by atoms with Crippen molar-refractivity contribution in [3.05, 3.63) is 12.7 Å². The molecule has 3 atom stereocenters. The first-order valence-corrected chi connectivity index (χ1v) is 22.7. The topological polar surface area (TPSA) is 74.2 Å². The smallest absolute Gasteiger partial charge is 0.456 e. The Kier molecular flexibility index (Phi) is 9.32. The van der Waals surface area contributed by atoms with Gasteiger partial charge in [-0.25, -0.2) is 4.79 Å². The fourth-order valence-corrected chi connectivity index (χ4v) is 18.6. The van der Waals surface area contributed by atoms with E-state index in [1.165, 1.54) is 0 Å². The van der Waals surface area contributed by atoms with Gasteiger partial charge in [0.25, 0.3) is 0 Å². The van der Waals surface area contributed by atoms with E-state index in [0.717, 1.165) is 12.5 Å². The van der Waals surface area contributed by atoms with Gasteiger partial charge in [-0.2, -0.15) is 0 Å². The van der Waals surface area contributed by atoms with Gasteiger partial charge in [-0.1, -0.05) is 6.58 Å². The summed E-state index contributed by atoms with van der Waals surface area (Å²) in [6.07, 6.45) is 2.02. The van der Waals surface area contributed by atoms with Gasteiger partial charge in [0.2, 0.25) is 0 Å². The van der Waals surface area contributed by atoms with Crippen molar-refractivity contribution >= 4 is 39.7 Å². The second-order valence-electron chi connectivity index (χ2n) is 11.0. The Hall–Kier alpha value is -0.0825. The van der Waals surface area contributed by atoms with Crippen molar-refractivity contribution in [1.82, 2.24) is 0 Å². The van der Waals surface area contributed by atoms with Gasteiger partial charge >= 0.3 is 14.8 Å². The van der Waals surface area contributed by atoms with E-state index in [1.807, 2.05) is 0 Å². The Balaban J connectivity index is 3.07. The Bertz CT molecular complexity index is 524. The van der Waals surface area contributed by atoms with Gasteiger partial charge in [0.05, 0.1) is 6.10 Å². The molecule has 1 aliphatic carbocycles. The molecule has 0 aromatic carbocycles. The van der Waals surface area contributed by atoms with Gasteiger partial charge in [-0.05, 0) is 84.1 Å². The van der Waals surface area contributed by atoms with Crippen molar-refractivity contribution in [2.24, 2.45) is 5.92 Å². The molecule has 10 heteroatoms. The molecule has 29 heavy (non-hydrogen) atoms. The summed E-state index contributed by atoms with van der Waals surface area (Å²) in [7, 11) is -8.69. The van der Waals surface area contributed by atoms with E-state index >= 15 is 0 Å². The summed E-state index contributed by atoms with van der Waals surface area (Å²) in [5, 5.41) is 10.6. The lowest BCUT2D eigenvalue weighted by Gasteiger charge is -2.45. The fraction of sp³-hybridized carbons (Fsp3) is 0.842. The van der Waals surface area contributed by atoms with Gasteiger partial charge in [-0.15, -0.1) is 0 Å². The van der Waals surface area contributed by atoms with Crippen LogP contribution in [0.2, 0.25) is 65.0 Å². The van der Waals surface area contributed by atoms with Gasteiger partial charge in [0.1, 0.15) is 6.10 Å². The summed E-state index contributed by atoms with van der Waals surface area (Å²) in [4.78, 5) is 11.5. The maximum Gasteiger partial charge on any atom is 0.469 e. The molecule has 170 valence electrons. The predicted molar refractivity (Wildman–Crippen MR) is 127 cm³/mol. The molecule has 0 spiro atoms. The SMILES string of the molecule is C=CC(=O)OC1CCC(C[Si](O[Si](C)(C)C)(O[Si](C)(C)C)O[Si](C)(C)C)CC1O. The molecule has 0 aromatic rings. The lowest BCUT2D eigenvalue weighted by Crippen LogP contribution is -2.61. The molecule has 1 aliphatic rings. The minimum absolute atomic E-state index is 0.222. The standard InChI is InChI=1S/C19H42O6Si4/c1-11-19(21)22-18-13-12-16(14-17(18)20)15-29(23-26(2,3)4,24-27(5,6)7)25-28(8,9)10/h11,16-18,20H,1,12-15H2,2-10H3. The summed E-state index contributed by atoms with van der Waals surface area (Å²) in [5.74, 6) is -0.262. The Morgan fingerprint density at radius 3 is 1.72 bits per heavy atom. The minimum atomic E-state index is -2.93. The van der Waals surface area contributed by atoms with Crippen LogP contribution in [0.4, 0.5) is 0 Å². The van der Waals surface area contributed by atoms with E-state index in [-0.39, 0.29) is 5.92 Å². The van der Waals surface area contributed by atoms with Crippen molar-refractivity contribution < 1.29 is 27.0 Å². The van der Waals surface area contributed by atoms with Crippen LogP contribution in [0.1, 0.15) is 19.3 Å². The minimum Gasteiger partial charge on any atom is -0.456 e. The van der Waals surface area contributed by atoms with Crippen LogP contribution in [0.15, 0.2) is 12.7 Å². The highest BCUT2D eigenvalue weighted by atomic mass is 28.5. The van der Waals surface area contributed by atoms with Gasteiger partial charge in [0, 0.05) is 12.1 Å². The molecule has 3 unspecified atom stereocenters. The Morgan fingerprint density at radius 1 is 0.931 bits per heavy atom. The molecule has 0 radical (unpaired) electrons. The Morgan fingerprint density at radius 2 is 1.38 bits per heavy atom. The summed E-state index contributed by atoms with van der Waals surface area (Å²) in [6.45, 7) is 23.0. The zero-order chi connectivity index (χ0) is 22.7. The number of ether oxygens (including phenoxy) is 1. The molecule has 1 rings (SSSR count). The van der Waals surface area contributed by atoms with Crippen LogP contribution in [0.5, 0.6) is 0 Å². The molecule has 1 fully saturated rings. The van der Waals surface area contributed by atoms with E-state index in [0.29, 0.717) is 18.9 Å². The van der Waals surface area contributed by atoms with Crippen molar-refractivity contribution in [3.8, 4) is 0 Å². The maximum absolute atomic E-state index is 11.5. The van der Waals surface area contributed by atoms with E-state index in [2.05, 4.69) is 65.5 Å². The van der Waals surface area contributed by atoms with Crippen LogP contribution in [-0.4, -0.2) is 57.0 Å². The molecule has 0 heterocycles. The van der Waals surface area contributed by atoms with Gasteiger partial charge in [-0.3, -0.25) is 0 Å². The number of rotatable bonds is 10. The number of hydrogen-bond donors (Lipinski definition) is 1. The zero-order valence-electron chi connectivity index (χ0n) is 19.8. The molecule has 1 saturated carbocycles. The molecular formula is C19H42O6Si4. The third-order valence-corrected chi connectivity index (χ3v) is 16.4. The zero-order valence-corrected chi connectivity index (χ0v) is 23.8. The monoisotopic (exact) mass is 478 g/mol. The summed E-state index contributed by atoms with van der Waals surface area (Å²) < 4.78 is 25.5. The third kappa shape index (κ3) is 10.7. The highest BCUT2D eigenvalue weighted by Crippen LogP contribution is 2.37. The number of hydrogen-bond acceptors (Lipinski definition) is 6. The predicted octanol–water partition coefficient (Wildman–Crippen LogP) is 4.74. The van der Waals surface area contributed by atoms with Crippen molar-refractivity contribution in [1.29, 1.82) is 0 Å². The fourth-order valence-electron chi connectivity index (χ4n) is 3.66. The summed E-state index contributed by atoms with van der Waals surface area (Å²) in [5.41, 5.74) is 0. The molecule has 1 N–H and O–H groups in total. The van der Waals surface area contributed by atoms with E-state index < -0.39 is 51.9 Å². The number of carbonyl (C=O) groups is 1. The molecule has 0 amide bonds. The number of esters is 1. The average molecular weight is 479 g/mol. The van der Waals surface area contributed by atoms with Gasteiger partial charge in [0.15, 0.2) is 25.0 Å². The number of aliphatic hydroxyl groups is 1. The van der Waals surface area contributed by atoms with Crippen molar-refractivity contribution in [2.75, 3.05) is 0 Å². The molecule has 0 aliphatic heterocycles. The van der Waals surface area contributed by atoms with Crippen LogP contribution in [0, 0.1) is 5.92 Å². The first kappa shape index (κ1) is 27.0. The first-order valence-electron chi connectivity index (χ1n) is 10.6. The maximum atomic E-state index is 11.5. The summed E-state index contributed by atoms with van der Waals surface area (Å²) >= 11 is 0. The average Bonchev–Trinajstić information content (AvgIpc) is 2.43. The normalized spacial score (nSPS) is 24.3. The number of aliphatic hydroxyl groups excluding tert-OH is 1.